The molecule has 0 aromatic heterocycles. The van der Waals surface area contributed by atoms with Crippen LogP contribution in [-0.2, 0) is 35.6 Å². The van der Waals surface area contributed by atoms with Gasteiger partial charge in [0.25, 0.3) is 5.91 Å². The minimum Gasteiger partial charge on any atom is -0.508 e. The van der Waals surface area contributed by atoms with Gasteiger partial charge < -0.3 is 25.5 Å². The SMILES string of the molecule is C=CCN1CC(=O)N2[C@@H](Cc3ccc(O)cc3)C(=O)N(Cc3cccc(C(=O)NCc4ccccc4)c3)C[C@@H]2N1C(=O)NCc1ccccc1. The van der Waals surface area contributed by atoms with Crippen molar-refractivity contribution in [1.82, 2.24) is 30.5 Å². The number of hydrogen-bond acceptors (Lipinski definition) is 6. The summed E-state index contributed by atoms with van der Waals surface area (Å²) in [4.78, 5) is 58.4. The standard InChI is InChI=1S/C39H40N6O5/c1-2-20-43-27-36(47)44-34(22-28-16-18-33(46)19-17-28)38(49)42(26-35(44)45(43)39(50)41-24-30-12-7-4-8-13-30)25-31-14-9-15-32(21-31)37(48)40-23-29-10-5-3-6-11-29/h2-19,21,34-35,46H,1,20,22-27H2,(H,40,48)(H,41,50)/t34-,35-/m0/s1. The van der Waals surface area contributed by atoms with E-state index in [1.807, 2.05) is 66.7 Å². The average Bonchev–Trinajstić information content (AvgIpc) is 3.13. The van der Waals surface area contributed by atoms with Gasteiger partial charge in [0, 0.05) is 38.2 Å². The number of phenols is 1. The van der Waals surface area contributed by atoms with Gasteiger partial charge in [0.15, 0.2) is 0 Å². The highest BCUT2D eigenvalue weighted by Crippen LogP contribution is 2.30. The molecule has 0 unspecified atom stereocenters. The Labute approximate surface area is 291 Å². The van der Waals surface area contributed by atoms with E-state index in [-0.39, 0.29) is 62.6 Å². The third kappa shape index (κ3) is 7.85. The van der Waals surface area contributed by atoms with Crippen LogP contribution in [0.5, 0.6) is 5.75 Å². The Balaban J connectivity index is 1.28. The maximum Gasteiger partial charge on any atom is 0.334 e. The molecule has 3 N–H and O–H groups in total. The lowest BCUT2D eigenvalue weighted by Gasteiger charge is -2.55. The Kier molecular flexibility index (Phi) is 10.5. The second-order valence-corrected chi connectivity index (χ2v) is 12.4. The van der Waals surface area contributed by atoms with E-state index in [0.29, 0.717) is 12.1 Å². The van der Waals surface area contributed by atoms with Crippen molar-refractivity contribution in [3.63, 3.8) is 0 Å². The van der Waals surface area contributed by atoms with E-state index in [4.69, 9.17) is 0 Å². The van der Waals surface area contributed by atoms with Crippen LogP contribution in [0.15, 0.2) is 122 Å². The maximum absolute atomic E-state index is 14.3. The monoisotopic (exact) mass is 672 g/mol. The van der Waals surface area contributed by atoms with Crippen LogP contribution in [0.3, 0.4) is 0 Å². The Bertz CT molecular complexity index is 1830. The number of urea groups is 1. The summed E-state index contributed by atoms with van der Waals surface area (Å²) in [5.74, 6) is -0.705. The molecule has 2 atom stereocenters. The first-order valence-electron chi connectivity index (χ1n) is 16.6. The average molecular weight is 673 g/mol. The fourth-order valence-corrected chi connectivity index (χ4v) is 6.47. The van der Waals surface area contributed by atoms with Gasteiger partial charge in [-0.15, -0.1) is 6.58 Å². The maximum atomic E-state index is 14.3. The summed E-state index contributed by atoms with van der Waals surface area (Å²) in [6.07, 6.45) is 0.999. The topological polar surface area (TPSA) is 126 Å². The molecule has 11 nitrogen and oxygen atoms in total. The van der Waals surface area contributed by atoms with Crippen LogP contribution < -0.4 is 10.6 Å². The summed E-state index contributed by atoms with van der Waals surface area (Å²) in [6, 6.07) is 31.5. The lowest BCUT2D eigenvalue weighted by Crippen LogP contribution is -2.76. The molecule has 6 rings (SSSR count). The van der Waals surface area contributed by atoms with E-state index in [1.165, 1.54) is 9.91 Å². The van der Waals surface area contributed by atoms with E-state index in [1.54, 1.807) is 58.4 Å². The molecule has 0 spiro atoms. The Hall–Kier alpha value is -5.94. The predicted molar refractivity (Wildman–Crippen MR) is 188 cm³/mol. The second-order valence-electron chi connectivity index (χ2n) is 12.4. The number of carbonyl (C=O) groups excluding carboxylic acids is 4. The summed E-state index contributed by atoms with van der Waals surface area (Å²) in [5, 5.41) is 19.0. The van der Waals surface area contributed by atoms with Crippen LogP contribution in [-0.4, -0.2) is 80.5 Å². The molecule has 4 aromatic carbocycles. The molecular weight excluding hydrogens is 632 g/mol. The van der Waals surface area contributed by atoms with Crippen LogP contribution in [0.2, 0.25) is 0 Å². The molecule has 2 saturated heterocycles. The van der Waals surface area contributed by atoms with Gasteiger partial charge >= 0.3 is 6.03 Å². The number of nitrogens with zero attached hydrogens (tertiary/aromatic N) is 4. The number of nitrogens with one attached hydrogen (secondary N) is 2. The van der Waals surface area contributed by atoms with Crippen molar-refractivity contribution in [2.24, 2.45) is 0 Å². The normalized spacial score (nSPS) is 17.6. The zero-order chi connectivity index (χ0) is 35.0. The summed E-state index contributed by atoms with van der Waals surface area (Å²) in [6.45, 7) is 4.83. The Morgan fingerprint density at radius 3 is 2.10 bits per heavy atom. The van der Waals surface area contributed by atoms with Crippen molar-refractivity contribution in [3.05, 3.63) is 150 Å². The zero-order valence-corrected chi connectivity index (χ0v) is 27.7. The van der Waals surface area contributed by atoms with Gasteiger partial charge in [-0.3, -0.25) is 14.4 Å². The van der Waals surface area contributed by atoms with Crippen LogP contribution in [0, 0.1) is 0 Å². The largest absolute Gasteiger partial charge is 0.508 e. The van der Waals surface area contributed by atoms with Gasteiger partial charge in [-0.2, -0.15) is 0 Å². The highest BCUT2D eigenvalue weighted by molar-refractivity contribution is 5.94. The van der Waals surface area contributed by atoms with Crippen LogP contribution >= 0.6 is 0 Å². The van der Waals surface area contributed by atoms with E-state index in [2.05, 4.69) is 17.2 Å². The van der Waals surface area contributed by atoms with E-state index < -0.39 is 18.2 Å². The van der Waals surface area contributed by atoms with Gasteiger partial charge in [0.1, 0.15) is 18.0 Å². The van der Waals surface area contributed by atoms with E-state index >= 15 is 0 Å². The van der Waals surface area contributed by atoms with E-state index in [9.17, 15) is 24.3 Å². The summed E-state index contributed by atoms with van der Waals surface area (Å²) >= 11 is 0. The van der Waals surface area contributed by atoms with Crippen molar-refractivity contribution < 1.29 is 24.3 Å². The zero-order valence-electron chi connectivity index (χ0n) is 27.7. The molecule has 2 aliphatic rings. The Morgan fingerprint density at radius 2 is 1.44 bits per heavy atom. The van der Waals surface area contributed by atoms with Gasteiger partial charge in [-0.1, -0.05) is 91.0 Å². The third-order valence-corrected chi connectivity index (χ3v) is 8.89. The number of hydrogen-bond donors (Lipinski definition) is 3. The first kappa shape index (κ1) is 33.9. The molecule has 5 amide bonds. The smallest absolute Gasteiger partial charge is 0.334 e. The second kappa shape index (κ2) is 15.5. The van der Waals surface area contributed by atoms with Crippen molar-refractivity contribution >= 4 is 23.8 Å². The summed E-state index contributed by atoms with van der Waals surface area (Å²) in [7, 11) is 0. The van der Waals surface area contributed by atoms with Crippen LogP contribution in [0.4, 0.5) is 4.79 Å². The minimum atomic E-state index is -0.918. The third-order valence-electron chi connectivity index (χ3n) is 8.89. The summed E-state index contributed by atoms with van der Waals surface area (Å²) < 4.78 is 0. The molecule has 256 valence electrons. The highest BCUT2D eigenvalue weighted by Gasteiger charge is 2.51. The lowest BCUT2D eigenvalue weighted by atomic mass is 9.98. The van der Waals surface area contributed by atoms with Crippen molar-refractivity contribution in [3.8, 4) is 5.75 Å². The molecule has 4 aromatic rings. The summed E-state index contributed by atoms with van der Waals surface area (Å²) in [5.41, 5.74) is 3.83. The molecule has 11 heteroatoms. The highest BCUT2D eigenvalue weighted by atomic mass is 16.3. The minimum absolute atomic E-state index is 0.0491. The number of fused-ring (bicyclic) bond motifs is 1. The molecule has 50 heavy (non-hydrogen) atoms. The number of carbonyl (C=O) groups is 4. The first-order valence-corrected chi connectivity index (χ1v) is 16.6. The number of hydrazine groups is 1. The van der Waals surface area contributed by atoms with E-state index in [0.717, 1.165) is 22.3 Å². The Morgan fingerprint density at radius 1 is 0.800 bits per heavy atom. The van der Waals surface area contributed by atoms with Crippen molar-refractivity contribution in [1.29, 1.82) is 0 Å². The molecular formula is C39H40N6O5. The van der Waals surface area contributed by atoms with Crippen molar-refractivity contribution in [2.45, 2.75) is 38.3 Å². The van der Waals surface area contributed by atoms with Gasteiger partial charge in [-0.25, -0.2) is 14.8 Å². The fourth-order valence-electron chi connectivity index (χ4n) is 6.47. The number of rotatable bonds is 11. The first-order chi connectivity index (χ1) is 24.3. The predicted octanol–water partition coefficient (Wildman–Crippen LogP) is 4.06. The molecule has 0 radical (unpaired) electrons. The quantitative estimate of drug-likeness (QED) is 0.207. The molecule has 2 fully saturated rings. The molecule has 0 saturated carbocycles. The molecule has 0 bridgehead atoms. The van der Waals surface area contributed by atoms with Gasteiger partial charge in [0.05, 0.1) is 13.1 Å². The van der Waals surface area contributed by atoms with Gasteiger partial charge in [-0.05, 0) is 46.5 Å². The molecule has 0 aliphatic carbocycles. The van der Waals surface area contributed by atoms with Crippen LogP contribution in [0.1, 0.15) is 32.6 Å². The fraction of sp³-hybridized carbons (Fsp3) is 0.231. The lowest BCUT2D eigenvalue weighted by molar-refractivity contribution is -0.189. The number of benzene rings is 4. The van der Waals surface area contributed by atoms with Gasteiger partial charge in [0.2, 0.25) is 11.8 Å². The van der Waals surface area contributed by atoms with Crippen LogP contribution in [0.25, 0.3) is 0 Å². The number of amides is 5. The molecule has 2 aliphatic heterocycles. The number of piperazine rings is 1. The number of aromatic hydroxyl groups is 1. The number of phenolic OH excluding ortho intramolecular Hbond substituents is 1. The molecule has 2 heterocycles. The van der Waals surface area contributed by atoms with Crippen molar-refractivity contribution in [2.75, 3.05) is 19.6 Å².